The molecule has 7 rings (SSSR count). The second-order valence-corrected chi connectivity index (χ2v) is 17.6. The molecule has 7 fully saturated rings. The first-order chi connectivity index (χ1) is 24.6. The van der Waals surface area contributed by atoms with E-state index < -0.39 is 6.10 Å². The van der Waals surface area contributed by atoms with Crippen LogP contribution in [0.15, 0.2) is 0 Å². The number of fused-ring (bicyclic) bond motifs is 3. The van der Waals surface area contributed by atoms with E-state index >= 15 is 0 Å². The van der Waals surface area contributed by atoms with Gasteiger partial charge in [0.2, 0.25) is 0 Å². The van der Waals surface area contributed by atoms with Gasteiger partial charge in [-0.25, -0.2) is 0 Å². The first-order valence-corrected chi connectivity index (χ1v) is 20.1. The van der Waals surface area contributed by atoms with E-state index in [1.54, 1.807) is 28.4 Å². The van der Waals surface area contributed by atoms with E-state index in [-0.39, 0.29) is 84.5 Å². The number of nitrogens with zero attached hydrogens (tertiary/aromatic N) is 2. The predicted molar refractivity (Wildman–Crippen MR) is 191 cm³/mol. The van der Waals surface area contributed by atoms with Gasteiger partial charge in [0.25, 0.3) is 0 Å². The van der Waals surface area contributed by atoms with Crippen LogP contribution in [0, 0.1) is 47.3 Å². The SMILES string of the molecule is COC1CC(CC2C3CC(OC)C(OC)CC3CCN2C)C(OC2CC3C(=O)C4C5C(CCN4C)CC(OC)C(O)C5C3CC2OC)CC1OC. The summed E-state index contributed by atoms with van der Waals surface area (Å²) in [6, 6.07) is 0.262. The average Bonchev–Trinajstić information content (AvgIpc) is 3.15. The van der Waals surface area contributed by atoms with E-state index in [9.17, 15) is 9.90 Å². The van der Waals surface area contributed by atoms with Crippen LogP contribution >= 0.6 is 0 Å². The molecule has 2 heterocycles. The van der Waals surface area contributed by atoms with Crippen molar-refractivity contribution in [1.29, 1.82) is 0 Å². The van der Waals surface area contributed by atoms with Gasteiger partial charge in [0, 0.05) is 61.0 Å². The van der Waals surface area contributed by atoms with Crippen molar-refractivity contribution in [2.45, 2.75) is 131 Å². The third-order valence-electron chi connectivity index (χ3n) is 15.7. The molecule has 0 bridgehead atoms. The van der Waals surface area contributed by atoms with Gasteiger partial charge in [-0.3, -0.25) is 9.69 Å². The van der Waals surface area contributed by atoms with E-state index in [1.807, 2.05) is 14.2 Å². The molecule has 0 spiro atoms. The fourth-order valence-corrected chi connectivity index (χ4v) is 13.0. The molecule has 1 N–H and O–H groups in total. The molecule has 2 aliphatic heterocycles. The van der Waals surface area contributed by atoms with Crippen molar-refractivity contribution in [3.05, 3.63) is 0 Å². The molecule has 19 unspecified atom stereocenters. The Morgan fingerprint density at radius 1 is 0.588 bits per heavy atom. The number of aliphatic hydroxyl groups excluding tert-OH is 1. The monoisotopic (exact) mass is 720 g/mol. The summed E-state index contributed by atoms with van der Waals surface area (Å²) in [5, 5.41) is 11.8. The lowest BCUT2D eigenvalue weighted by molar-refractivity contribution is -0.214. The minimum absolute atomic E-state index is 0.00242. The average molecular weight is 721 g/mol. The van der Waals surface area contributed by atoms with Gasteiger partial charge >= 0.3 is 0 Å². The van der Waals surface area contributed by atoms with Crippen LogP contribution in [-0.4, -0.2) is 158 Å². The van der Waals surface area contributed by atoms with E-state index in [0.29, 0.717) is 36.0 Å². The van der Waals surface area contributed by atoms with Crippen molar-refractivity contribution in [2.75, 3.05) is 69.8 Å². The third-order valence-corrected chi connectivity index (χ3v) is 15.7. The topological polar surface area (TPSA) is 108 Å². The van der Waals surface area contributed by atoms with Crippen LogP contribution < -0.4 is 0 Å². The summed E-state index contributed by atoms with van der Waals surface area (Å²) >= 11 is 0. The van der Waals surface area contributed by atoms with Crippen LogP contribution in [0.1, 0.15) is 64.2 Å². The fourth-order valence-electron chi connectivity index (χ4n) is 13.0. The van der Waals surface area contributed by atoms with E-state index in [1.165, 1.54) is 6.42 Å². The minimum atomic E-state index is -0.579. The van der Waals surface area contributed by atoms with Gasteiger partial charge in [-0.2, -0.15) is 0 Å². The first kappa shape index (κ1) is 38.5. The Morgan fingerprint density at radius 2 is 1.14 bits per heavy atom. The van der Waals surface area contributed by atoms with Crippen molar-refractivity contribution in [3.8, 4) is 0 Å². The van der Waals surface area contributed by atoms with Gasteiger partial charge in [0.05, 0.1) is 61.0 Å². The highest BCUT2D eigenvalue weighted by molar-refractivity contribution is 5.88. The van der Waals surface area contributed by atoms with Gasteiger partial charge in [-0.15, -0.1) is 0 Å². The molecule has 11 nitrogen and oxygen atoms in total. The molecule has 292 valence electrons. The van der Waals surface area contributed by atoms with Crippen molar-refractivity contribution in [1.82, 2.24) is 9.80 Å². The maximum Gasteiger partial charge on any atom is 0.153 e. The summed E-state index contributed by atoms with van der Waals surface area (Å²) in [6.45, 7) is 1.99. The Hall–Kier alpha value is -0.730. The number of carbonyl (C=O) groups excluding carboxylic acids is 1. The van der Waals surface area contributed by atoms with Crippen molar-refractivity contribution in [2.24, 2.45) is 47.3 Å². The second-order valence-electron chi connectivity index (χ2n) is 17.6. The smallest absolute Gasteiger partial charge is 0.153 e. The molecule has 5 saturated carbocycles. The number of methoxy groups -OCH3 is 6. The molecule has 19 atom stereocenters. The molecule has 11 heteroatoms. The maximum absolute atomic E-state index is 14.6. The lowest BCUT2D eigenvalue weighted by Gasteiger charge is -2.61. The van der Waals surface area contributed by atoms with Crippen LogP contribution in [0.25, 0.3) is 0 Å². The van der Waals surface area contributed by atoms with Gasteiger partial charge in [0.15, 0.2) is 5.78 Å². The predicted octanol–water partition coefficient (Wildman–Crippen LogP) is 3.29. The Kier molecular flexibility index (Phi) is 12.2. The van der Waals surface area contributed by atoms with E-state index in [2.05, 4.69) is 23.9 Å². The summed E-state index contributed by atoms with van der Waals surface area (Å²) in [6.07, 6.45) is 8.14. The van der Waals surface area contributed by atoms with E-state index in [0.717, 1.165) is 64.5 Å². The number of ketones is 1. The van der Waals surface area contributed by atoms with Gasteiger partial charge in [-0.05, 0) is 126 Å². The lowest BCUT2D eigenvalue weighted by atomic mass is 9.50. The Labute approximate surface area is 306 Å². The Morgan fingerprint density at radius 3 is 1.82 bits per heavy atom. The van der Waals surface area contributed by atoms with Gasteiger partial charge in [0.1, 0.15) is 0 Å². The van der Waals surface area contributed by atoms with E-state index in [4.69, 9.17) is 33.2 Å². The maximum atomic E-state index is 14.6. The quantitative estimate of drug-likeness (QED) is 0.360. The Bertz CT molecular complexity index is 1180. The fraction of sp³-hybridized carbons (Fsp3) is 0.975. The van der Waals surface area contributed by atoms with Crippen LogP contribution in [0.2, 0.25) is 0 Å². The summed E-state index contributed by atoms with van der Waals surface area (Å²) in [4.78, 5) is 19.4. The zero-order valence-corrected chi connectivity index (χ0v) is 32.6. The normalized spacial score (nSPS) is 50.7. The number of aliphatic hydroxyl groups is 1. The summed E-state index contributed by atoms with van der Waals surface area (Å²) < 4.78 is 43.5. The van der Waals surface area contributed by atoms with Crippen LogP contribution in [0.4, 0.5) is 0 Å². The molecular weight excluding hydrogens is 652 g/mol. The molecule has 0 aromatic carbocycles. The number of rotatable bonds is 10. The van der Waals surface area contributed by atoms with Gasteiger partial charge < -0.3 is 43.2 Å². The number of likely N-dealkylation sites (tertiary alicyclic amines) is 2. The molecule has 51 heavy (non-hydrogen) atoms. The lowest BCUT2D eigenvalue weighted by Crippen LogP contribution is -2.68. The summed E-state index contributed by atoms with van der Waals surface area (Å²) in [7, 11) is 15.1. The summed E-state index contributed by atoms with van der Waals surface area (Å²) in [5.41, 5.74) is 0. The third kappa shape index (κ3) is 7.02. The number of hydrogen-bond acceptors (Lipinski definition) is 11. The number of carbonyl (C=O) groups is 1. The zero-order valence-electron chi connectivity index (χ0n) is 32.6. The Balaban J connectivity index is 1.14. The van der Waals surface area contributed by atoms with Crippen LogP contribution in [0.3, 0.4) is 0 Å². The van der Waals surface area contributed by atoms with Crippen molar-refractivity contribution >= 4 is 5.78 Å². The van der Waals surface area contributed by atoms with Crippen molar-refractivity contribution < 1.29 is 43.1 Å². The molecule has 2 saturated heterocycles. The second kappa shape index (κ2) is 16.2. The summed E-state index contributed by atoms with van der Waals surface area (Å²) in [5.74, 6) is 2.24. The number of hydrogen-bond donors (Lipinski definition) is 1. The standard InChI is InChI=1S/C40H68N2O9/c1-41-11-9-21-14-29(45-3)31(47-5)17-24(21)27(41)13-23-16-30(46-4)33(49-7)20-28(23)51-34-19-26-25(18-32(34)48-6)37-36-22(15-35(50-8)40(37)44)10-12-42(2)38(36)39(26)43/h21-38,40,44H,9-20H2,1-8H3. The van der Waals surface area contributed by atoms with Crippen LogP contribution in [0.5, 0.6) is 0 Å². The molecule has 7 aliphatic rings. The molecule has 0 radical (unpaired) electrons. The molecule has 0 aromatic heterocycles. The highest BCUT2D eigenvalue weighted by Crippen LogP contribution is 2.56. The highest BCUT2D eigenvalue weighted by atomic mass is 16.6. The molecule has 5 aliphatic carbocycles. The number of Topliss-reactive ketones (excluding diaryl/α,β-unsaturated/α-hetero) is 1. The van der Waals surface area contributed by atoms with Gasteiger partial charge in [-0.1, -0.05) is 0 Å². The molecule has 0 aromatic rings. The largest absolute Gasteiger partial charge is 0.390 e. The molecular formula is C40H68N2O9. The number of likely N-dealkylation sites (N-methyl/N-ethyl adjacent to an activating group) is 1. The first-order valence-electron chi connectivity index (χ1n) is 20.1. The zero-order chi connectivity index (χ0) is 36.1. The van der Waals surface area contributed by atoms with Crippen molar-refractivity contribution in [3.63, 3.8) is 0 Å². The minimum Gasteiger partial charge on any atom is -0.390 e. The number of ether oxygens (including phenoxy) is 7. The number of piperidine rings is 2. The molecule has 0 amide bonds. The highest BCUT2D eigenvalue weighted by Gasteiger charge is 2.62. The van der Waals surface area contributed by atoms with Crippen LogP contribution in [-0.2, 0) is 38.0 Å².